The normalized spacial score (nSPS) is 26.1. The van der Waals surface area contributed by atoms with E-state index in [0.717, 1.165) is 37.7 Å². The summed E-state index contributed by atoms with van der Waals surface area (Å²) >= 11 is 0. The highest BCUT2D eigenvalue weighted by Gasteiger charge is 2.31. The summed E-state index contributed by atoms with van der Waals surface area (Å²) in [5.41, 5.74) is 0. The second-order valence-electron chi connectivity index (χ2n) is 5.49. The number of hydrogen-bond acceptors (Lipinski definition) is 4. The number of likely N-dealkylation sites (N-methyl/N-ethyl adjacent to an activating group) is 1. The van der Waals surface area contributed by atoms with E-state index in [1.54, 1.807) is 0 Å². The van der Waals surface area contributed by atoms with Gasteiger partial charge in [-0.05, 0) is 26.1 Å². The van der Waals surface area contributed by atoms with E-state index in [2.05, 4.69) is 23.8 Å². The molecule has 3 rings (SSSR count). The Morgan fingerprint density at radius 3 is 2.53 bits per heavy atom. The molecule has 1 aromatic rings. The average molecular weight is 262 g/mol. The summed E-state index contributed by atoms with van der Waals surface area (Å²) in [6.07, 6.45) is 0.123. The second kappa shape index (κ2) is 5.39. The summed E-state index contributed by atoms with van der Waals surface area (Å²) in [7, 11) is 2.18. The van der Waals surface area contributed by atoms with Crippen LogP contribution in [0.15, 0.2) is 24.3 Å². The molecule has 2 atom stereocenters. The molecule has 2 unspecified atom stereocenters. The van der Waals surface area contributed by atoms with Crippen LogP contribution in [0.5, 0.6) is 11.5 Å². The van der Waals surface area contributed by atoms with Gasteiger partial charge in [-0.3, -0.25) is 4.90 Å². The maximum Gasteiger partial charge on any atom is 0.161 e. The molecule has 0 bridgehead atoms. The lowest BCUT2D eigenvalue weighted by Crippen LogP contribution is -2.54. The van der Waals surface area contributed by atoms with Crippen molar-refractivity contribution in [3.63, 3.8) is 0 Å². The van der Waals surface area contributed by atoms with Crippen LogP contribution in [0.3, 0.4) is 0 Å². The maximum absolute atomic E-state index is 6.09. The highest BCUT2D eigenvalue weighted by molar-refractivity contribution is 5.40. The predicted molar refractivity (Wildman–Crippen MR) is 74.9 cm³/mol. The van der Waals surface area contributed by atoms with Crippen molar-refractivity contribution in [1.29, 1.82) is 0 Å². The standard InChI is InChI=1S/C15H22N2O2/c1-12(17-9-7-16(2)8-10-17)15-11-18-13-5-3-4-6-14(13)19-15/h3-6,12,15H,7-11H2,1-2H3. The quantitative estimate of drug-likeness (QED) is 0.805. The molecule has 0 amide bonds. The van der Waals surface area contributed by atoms with Gasteiger partial charge in [0.05, 0.1) is 0 Å². The Labute approximate surface area is 114 Å². The van der Waals surface area contributed by atoms with Gasteiger partial charge in [0.25, 0.3) is 0 Å². The molecule has 0 aromatic heterocycles. The molecule has 0 spiro atoms. The van der Waals surface area contributed by atoms with E-state index < -0.39 is 0 Å². The molecule has 4 nitrogen and oxygen atoms in total. The lowest BCUT2D eigenvalue weighted by Gasteiger charge is -2.40. The summed E-state index contributed by atoms with van der Waals surface area (Å²) < 4.78 is 11.9. The molecule has 2 heterocycles. The van der Waals surface area contributed by atoms with Gasteiger partial charge in [-0.25, -0.2) is 0 Å². The molecular formula is C15H22N2O2. The fourth-order valence-corrected chi connectivity index (χ4v) is 2.74. The molecule has 0 radical (unpaired) electrons. The van der Waals surface area contributed by atoms with Gasteiger partial charge in [0.15, 0.2) is 11.5 Å². The van der Waals surface area contributed by atoms with Crippen molar-refractivity contribution in [3.8, 4) is 11.5 Å². The van der Waals surface area contributed by atoms with Crippen LogP contribution in [0.2, 0.25) is 0 Å². The van der Waals surface area contributed by atoms with Gasteiger partial charge in [0.2, 0.25) is 0 Å². The van der Waals surface area contributed by atoms with Crippen molar-refractivity contribution >= 4 is 0 Å². The molecule has 104 valence electrons. The third-order valence-electron chi connectivity index (χ3n) is 4.18. The molecular weight excluding hydrogens is 240 g/mol. The summed E-state index contributed by atoms with van der Waals surface area (Å²) in [4.78, 5) is 4.87. The number of rotatable bonds is 2. The van der Waals surface area contributed by atoms with E-state index in [0.29, 0.717) is 12.6 Å². The van der Waals surface area contributed by atoms with Crippen LogP contribution in [-0.2, 0) is 0 Å². The largest absolute Gasteiger partial charge is 0.486 e. The van der Waals surface area contributed by atoms with Gasteiger partial charge in [-0.15, -0.1) is 0 Å². The minimum atomic E-state index is 0.123. The lowest BCUT2D eigenvalue weighted by atomic mass is 10.1. The number of hydrogen-bond donors (Lipinski definition) is 0. The summed E-state index contributed by atoms with van der Waals surface area (Å²) in [6.45, 7) is 7.37. The van der Waals surface area contributed by atoms with E-state index >= 15 is 0 Å². The first kappa shape index (κ1) is 12.8. The number of benzene rings is 1. The maximum atomic E-state index is 6.09. The molecule has 1 saturated heterocycles. The minimum Gasteiger partial charge on any atom is -0.486 e. The predicted octanol–water partition coefficient (Wildman–Crippen LogP) is 1.46. The first-order valence-electron chi connectivity index (χ1n) is 7.05. The minimum absolute atomic E-state index is 0.123. The summed E-state index contributed by atoms with van der Waals surface area (Å²) in [5.74, 6) is 1.74. The summed E-state index contributed by atoms with van der Waals surface area (Å²) in [5, 5.41) is 0. The smallest absolute Gasteiger partial charge is 0.161 e. The van der Waals surface area contributed by atoms with Crippen LogP contribution < -0.4 is 9.47 Å². The van der Waals surface area contributed by atoms with Crippen LogP contribution in [0.25, 0.3) is 0 Å². The van der Waals surface area contributed by atoms with Crippen LogP contribution >= 0.6 is 0 Å². The van der Waals surface area contributed by atoms with Crippen LogP contribution in [0.4, 0.5) is 0 Å². The van der Waals surface area contributed by atoms with E-state index in [-0.39, 0.29) is 6.10 Å². The molecule has 2 aliphatic heterocycles. The number of nitrogens with zero attached hydrogens (tertiary/aromatic N) is 2. The zero-order chi connectivity index (χ0) is 13.2. The highest BCUT2D eigenvalue weighted by Crippen LogP contribution is 2.32. The van der Waals surface area contributed by atoms with Gasteiger partial charge in [0, 0.05) is 32.2 Å². The van der Waals surface area contributed by atoms with Crippen LogP contribution in [-0.4, -0.2) is 61.8 Å². The fraction of sp³-hybridized carbons (Fsp3) is 0.600. The molecule has 0 N–H and O–H groups in total. The molecule has 1 aromatic carbocycles. The van der Waals surface area contributed by atoms with Crippen LogP contribution in [0.1, 0.15) is 6.92 Å². The van der Waals surface area contributed by atoms with Gasteiger partial charge < -0.3 is 14.4 Å². The molecule has 0 saturated carbocycles. The van der Waals surface area contributed by atoms with Crippen molar-refractivity contribution in [2.45, 2.75) is 19.1 Å². The Morgan fingerprint density at radius 2 is 1.79 bits per heavy atom. The molecule has 4 heteroatoms. The topological polar surface area (TPSA) is 24.9 Å². The highest BCUT2D eigenvalue weighted by atomic mass is 16.6. The number of fused-ring (bicyclic) bond motifs is 1. The molecule has 0 aliphatic carbocycles. The van der Waals surface area contributed by atoms with E-state index in [4.69, 9.17) is 9.47 Å². The van der Waals surface area contributed by atoms with E-state index in [1.165, 1.54) is 0 Å². The molecule has 19 heavy (non-hydrogen) atoms. The zero-order valence-electron chi connectivity index (χ0n) is 11.7. The Morgan fingerprint density at radius 1 is 1.11 bits per heavy atom. The third kappa shape index (κ3) is 2.69. The Balaban J connectivity index is 1.64. The first-order valence-corrected chi connectivity index (χ1v) is 7.05. The fourth-order valence-electron chi connectivity index (χ4n) is 2.74. The van der Waals surface area contributed by atoms with Crippen molar-refractivity contribution in [2.24, 2.45) is 0 Å². The molecule has 2 aliphatic rings. The zero-order valence-corrected chi connectivity index (χ0v) is 11.7. The Hall–Kier alpha value is -1.26. The third-order valence-corrected chi connectivity index (χ3v) is 4.18. The van der Waals surface area contributed by atoms with Gasteiger partial charge in [-0.2, -0.15) is 0 Å². The number of piperazine rings is 1. The SMILES string of the molecule is CC(C1COc2ccccc2O1)N1CCN(C)CC1. The molecule has 1 fully saturated rings. The number of ether oxygens (including phenoxy) is 2. The Bertz CT molecular complexity index is 430. The first-order chi connectivity index (χ1) is 9.24. The number of para-hydroxylation sites is 2. The van der Waals surface area contributed by atoms with Crippen molar-refractivity contribution in [2.75, 3.05) is 39.8 Å². The van der Waals surface area contributed by atoms with Crippen molar-refractivity contribution < 1.29 is 9.47 Å². The summed E-state index contributed by atoms with van der Waals surface area (Å²) in [6, 6.07) is 8.31. The van der Waals surface area contributed by atoms with Gasteiger partial charge in [0.1, 0.15) is 12.7 Å². The van der Waals surface area contributed by atoms with Gasteiger partial charge in [-0.1, -0.05) is 12.1 Å². The lowest BCUT2D eigenvalue weighted by molar-refractivity contribution is 0.00507. The van der Waals surface area contributed by atoms with Crippen molar-refractivity contribution in [3.05, 3.63) is 24.3 Å². The van der Waals surface area contributed by atoms with E-state index in [1.807, 2.05) is 24.3 Å². The van der Waals surface area contributed by atoms with Gasteiger partial charge >= 0.3 is 0 Å². The van der Waals surface area contributed by atoms with E-state index in [9.17, 15) is 0 Å². The van der Waals surface area contributed by atoms with Crippen molar-refractivity contribution in [1.82, 2.24) is 9.80 Å². The second-order valence-corrected chi connectivity index (χ2v) is 5.49. The average Bonchev–Trinajstić information content (AvgIpc) is 2.47. The monoisotopic (exact) mass is 262 g/mol. The Kier molecular flexibility index (Phi) is 3.62. The van der Waals surface area contributed by atoms with Crippen LogP contribution in [0, 0.1) is 0 Å².